The Balaban J connectivity index is 3.76. The third kappa shape index (κ3) is 8.05. The first kappa shape index (κ1) is 14.7. The quantitative estimate of drug-likeness (QED) is 0.679. The molecule has 0 unspecified atom stereocenters. The first-order valence-electron chi connectivity index (χ1n) is 5.45. The highest BCUT2D eigenvalue weighted by atomic mass is 16.5. The molecule has 4 nitrogen and oxygen atoms in total. The van der Waals surface area contributed by atoms with Crippen molar-refractivity contribution in [1.82, 2.24) is 5.32 Å². The Morgan fingerprint density at radius 2 is 2.19 bits per heavy atom. The van der Waals surface area contributed by atoms with Crippen molar-refractivity contribution in [3.05, 3.63) is 23.8 Å². The van der Waals surface area contributed by atoms with Crippen LogP contribution in [0.3, 0.4) is 0 Å². The van der Waals surface area contributed by atoms with Gasteiger partial charge in [0.2, 0.25) is 0 Å². The molecule has 0 aromatic rings. The van der Waals surface area contributed by atoms with Crippen LogP contribution in [0.2, 0.25) is 0 Å². The van der Waals surface area contributed by atoms with Crippen LogP contribution >= 0.6 is 0 Å². The maximum atomic E-state index is 11.0. The lowest BCUT2D eigenvalue weighted by Crippen LogP contribution is -2.25. The number of ether oxygens (including phenoxy) is 2. The van der Waals surface area contributed by atoms with E-state index in [9.17, 15) is 4.79 Å². The molecule has 0 fully saturated rings. The van der Waals surface area contributed by atoms with E-state index in [-0.39, 0.29) is 6.09 Å². The topological polar surface area (TPSA) is 47.6 Å². The first-order chi connectivity index (χ1) is 7.74. The van der Waals surface area contributed by atoms with Gasteiger partial charge in [0.05, 0.1) is 13.2 Å². The molecule has 0 bridgehead atoms. The van der Waals surface area contributed by atoms with Crippen molar-refractivity contribution >= 4 is 6.09 Å². The average molecular weight is 227 g/mol. The second-order valence-corrected chi connectivity index (χ2v) is 3.12. The summed E-state index contributed by atoms with van der Waals surface area (Å²) < 4.78 is 9.66. The largest absolute Gasteiger partial charge is 0.450 e. The summed E-state index contributed by atoms with van der Waals surface area (Å²) in [4.78, 5) is 11.0. The van der Waals surface area contributed by atoms with E-state index in [1.165, 1.54) is 0 Å². The molecule has 0 aliphatic rings. The molecule has 92 valence electrons. The van der Waals surface area contributed by atoms with Crippen LogP contribution < -0.4 is 5.32 Å². The molecule has 1 N–H and O–H groups in total. The number of carbonyl (C=O) groups excluding carboxylic acids is 1. The van der Waals surface area contributed by atoms with Crippen LogP contribution in [0.1, 0.15) is 20.3 Å². The van der Waals surface area contributed by atoms with Gasteiger partial charge in [-0.25, -0.2) is 4.79 Å². The maximum Gasteiger partial charge on any atom is 0.407 e. The van der Waals surface area contributed by atoms with Crippen molar-refractivity contribution in [2.45, 2.75) is 20.3 Å². The van der Waals surface area contributed by atoms with Gasteiger partial charge in [0.15, 0.2) is 0 Å². The first-order valence-corrected chi connectivity index (χ1v) is 5.45. The highest BCUT2D eigenvalue weighted by Gasteiger charge is 1.98. The van der Waals surface area contributed by atoms with Crippen LogP contribution in [0.5, 0.6) is 0 Å². The lowest BCUT2D eigenvalue weighted by atomic mass is 10.1. The lowest BCUT2D eigenvalue weighted by molar-refractivity contribution is 0.152. The molecule has 0 aliphatic carbocycles. The number of amides is 1. The second-order valence-electron chi connectivity index (χ2n) is 3.12. The summed E-state index contributed by atoms with van der Waals surface area (Å²) in [6.45, 7) is 5.33. The minimum atomic E-state index is -0.362. The van der Waals surface area contributed by atoms with E-state index in [2.05, 4.69) is 5.32 Å². The minimum absolute atomic E-state index is 0.362. The number of methoxy groups -OCH3 is 1. The highest BCUT2D eigenvalue weighted by molar-refractivity contribution is 5.67. The summed E-state index contributed by atoms with van der Waals surface area (Å²) >= 11 is 0. The van der Waals surface area contributed by atoms with Gasteiger partial charge in [-0.2, -0.15) is 0 Å². The fourth-order valence-corrected chi connectivity index (χ4v) is 1.11. The highest BCUT2D eigenvalue weighted by Crippen LogP contribution is 2.02. The molecule has 0 aliphatic heterocycles. The Kier molecular flexibility index (Phi) is 9.41. The van der Waals surface area contributed by atoms with Crippen molar-refractivity contribution in [3.8, 4) is 0 Å². The molecular weight excluding hydrogens is 206 g/mol. The van der Waals surface area contributed by atoms with Gasteiger partial charge in [-0.05, 0) is 20.3 Å². The van der Waals surface area contributed by atoms with Crippen LogP contribution in [0, 0.1) is 0 Å². The molecular formula is C12H21NO3. The Bertz CT molecular complexity index is 247. The minimum Gasteiger partial charge on any atom is -0.450 e. The smallest absolute Gasteiger partial charge is 0.407 e. The number of rotatable bonds is 7. The van der Waals surface area contributed by atoms with E-state index in [4.69, 9.17) is 9.47 Å². The maximum absolute atomic E-state index is 11.0. The van der Waals surface area contributed by atoms with Crippen LogP contribution in [-0.2, 0) is 9.47 Å². The third-order valence-corrected chi connectivity index (χ3v) is 1.92. The summed E-state index contributed by atoms with van der Waals surface area (Å²) in [5.74, 6) is 0. The van der Waals surface area contributed by atoms with Gasteiger partial charge in [0, 0.05) is 13.7 Å². The van der Waals surface area contributed by atoms with E-state index < -0.39 is 0 Å². The molecule has 16 heavy (non-hydrogen) atoms. The Hall–Kier alpha value is -1.29. The number of alkyl carbamates (subject to hydrolysis) is 1. The molecule has 1 amide bonds. The van der Waals surface area contributed by atoms with Crippen LogP contribution in [0.25, 0.3) is 0 Å². The summed E-state index contributed by atoms with van der Waals surface area (Å²) in [5, 5.41) is 2.67. The van der Waals surface area contributed by atoms with Crippen molar-refractivity contribution in [3.63, 3.8) is 0 Å². The monoisotopic (exact) mass is 227 g/mol. The SMILES string of the molecule is C/C=C(\C=C/COC)CCNC(=O)OCC. The fourth-order valence-electron chi connectivity index (χ4n) is 1.11. The lowest BCUT2D eigenvalue weighted by Gasteiger charge is -2.05. The van der Waals surface area contributed by atoms with Crippen LogP contribution in [0.4, 0.5) is 4.79 Å². The van der Waals surface area contributed by atoms with E-state index in [1.54, 1.807) is 14.0 Å². The third-order valence-electron chi connectivity index (χ3n) is 1.92. The van der Waals surface area contributed by atoms with Crippen LogP contribution in [0.15, 0.2) is 23.8 Å². The molecule has 0 aromatic carbocycles. The van der Waals surface area contributed by atoms with Crippen molar-refractivity contribution < 1.29 is 14.3 Å². The predicted octanol–water partition coefficient (Wildman–Crippen LogP) is 2.27. The van der Waals surface area contributed by atoms with Gasteiger partial charge in [0.25, 0.3) is 0 Å². The van der Waals surface area contributed by atoms with Gasteiger partial charge in [0.1, 0.15) is 0 Å². The van der Waals surface area contributed by atoms with Crippen LogP contribution in [-0.4, -0.2) is 33.0 Å². The molecule has 4 heteroatoms. The Morgan fingerprint density at radius 1 is 1.44 bits per heavy atom. The van der Waals surface area contributed by atoms with Gasteiger partial charge in [-0.15, -0.1) is 0 Å². The summed E-state index contributed by atoms with van der Waals surface area (Å²) in [5.41, 5.74) is 1.16. The number of hydrogen-bond acceptors (Lipinski definition) is 3. The second kappa shape index (κ2) is 10.2. The van der Waals surface area contributed by atoms with Gasteiger partial charge in [-0.3, -0.25) is 0 Å². The van der Waals surface area contributed by atoms with E-state index in [1.807, 2.05) is 25.2 Å². The molecule has 0 rings (SSSR count). The molecule has 0 saturated carbocycles. The molecule has 0 radical (unpaired) electrons. The van der Waals surface area contributed by atoms with E-state index in [0.29, 0.717) is 19.8 Å². The number of hydrogen-bond donors (Lipinski definition) is 1. The fraction of sp³-hybridized carbons (Fsp3) is 0.583. The van der Waals surface area contributed by atoms with Crippen molar-refractivity contribution in [2.75, 3.05) is 26.9 Å². The predicted molar refractivity (Wildman–Crippen MR) is 64.4 cm³/mol. The molecule has 0 spiro atoms. The molecule has 0 aromatic heterocycles. The summed E-state index contributed by atoms with van der Waals surface area (Å²) in [6, 6.07) is 0. The average Bonchev–Trinajstić information content (AvgIpc) is 2.27. The summed E-state index contributed by atoms with van der Waals surface area (Å²) in [6.07, 6.45) is 6.38. The van der Waals surface area contributed by atoms with E-state index in [0.717, 1.165) is 12.0 Å². The molecule has 0 atom stereocenters. The van der Waals surface area contributed by atoms with Crippen molar-refractivity contribution in [1.29, 1.82) is 0 Å². The molecule has 0 saturated heterocycles. The van der Waals surface area contributed by atoms with Crippen molar-refractivity contribution in [2.24, 2.45) is 0 Å². The standard InChI is InChI=1S/C12H21NO3/c1-4-11(7-6-10-15-3)8-9-13-12(14)16-5-2/h4,6-7H,5,8-10H2,1-3H3,(H,13,14)/b7-6-,11-4+. The van der Waals surface area contributed by atoms with Gasteiger partial charge >= 0.3 is 6.09 Å². The van der Waals surface area contributed by atoms with Gasteiger partial charge < -0.3 is 14.8 Å². The number of carbonyl (C=O) groups is 1. The zero-order valence-electron chi connectivity index (χ0n) is 10.3. The number of allylic oxidation sites excluding steroid dienone is 2. The summed E-state index contributed by atoms with van der Waals surface area (Å²) in [7, 11) is 1.65. The van der Waals surface area contributed by atoms with Gasteiger partial charge in [-0.1, -0.05) is 23.8 Å². The zero-order chi connectivity index (χ0) is 12.2. The number of nitrogens with one attached hydrogen (secondary N) is 1. The Labute approximate surface area is 97.3 Å². The Morgan fingerprint density at radius 3 is 2.75 bits per heavy atom. The van der Waals surface area contributed by atoms with E-state index >= 15 is 0 Å². The normalized spacial score (nSPS) is 11.8. The zero-order valence-corrected chi connectivity index (χ0v) is 10.3. The molecule has 0 heterocycles.